The van der Waals surface area contributed by atoms with E-state index in [-0.39, 0.29) is 43.4 Å². The van der Waals surface area contributed by atoms with Crippen LogP contribution in [0.3, 0.4) is 0 Å². The molecule has 1 heterocycles. The maximum Gasteiger partial charge on any atom is 0.326 e. The van der Waals surface area contributed by atoms with Gasteiger partial charge >= 0.3 is 5.97 Å². The monoisotopic (exact) mass is 587 g/mol. The molecule has 0 aliphatic rings. The van der Waals surface area contributed by atoms with Crippen LogP contribution in [0.4, 0.5) is 0 Å². The summed E-state index contributed by atoms with van der Waals surface area (Å²) in [5, 5.41) is 27.0. The second-order valence-corrected chi connectivity index (χ2v) is 10.0. The fraction of sp³-hybridized carbons (Fsp3) is 0.481. The standard InChI is InChI=1S/C27H41N9O6/c1-3-15(2)22(25(40)35-21(26(41)42)12-17-13-31-14-33-17)36-24(39)20(5-4-10-32-27(29)30)34-23(38)19(28)11-16-6-8-18(37)9-7-16/h6-9,13-15,19-22,37H,3-5,10-12,28H2,1-2H3,(H,31,33)(H,34,38)(H,35,40)(H,36,39)(H,41,42)(H4,29,30,32). The van der Waals surface area contributed by atoms with E-state index in [1.54, 1.807) is 19.1 Å². The maximum atomic E-state index is 13.4. The van der Waals surface area contributed by atoms with E-state index in [1.165, 1.54) is 24.7 Å². The average Bonchev–Trinajstić information content (AvgIpc) is 3.46. The van der Waals surface area contributed by atoms with Crippen LogP contribution in [0.15, 0.2) is 41.8 Å². The first kappa shape index (κ1) is 33.5. The SMILES string of the molecule is CCC(C)C(NC(=O)C(CCCN=C(N)N)NC(=O)C(N)Cc1ccc(O)cc1)C(=O)NC(Cc1cnc[nH]1)C(=O)O. The minimum atomic E-state index is -1.27. The molecule has 42 heavy (non-hydrogen) atoms. The molecule has 2 aromatic rings. The third kappa shape index (κ3) is 11.1. The van der Waals surface area contributed by atoms with E-state index in [1.807, 2.05) is 6.92 Å². The summed E-state index contributed by atoms with van der Waals surface area (Å²) in [6, 6.07) is 1.77. The van der Waals surface area contributed by atoms with Crippen molar-refractivity contribution < 1.29 is 29.4 Å². The molecule has 0 fully saturated rings. The lowest BCUT2D eigenvalue weighted by atomic mass is 9.96. The van der Waals surface area contributed by atoms with Crippen LogP contribution in [0.5, 0.6) is 5.75 Å². The van der Waals surface area contributed by atoms with Gasteiger partial charge in [-0.1, -0.05) is 32.4 Å². The van der Waals surface area contributed by atoms with Crippen molar-refractivity contribution in [3.05, 3.63) is 48.0 Å². The molecule has 3 amide bonds. The number of carbonyl (C=O) groups is 4. The van der Waals surface area contributed by atoms with Gasteiger partial charge < -0.3 is 48.3 Å². The zero-order valence-electron chi connectivity index (χ0n) is 23.7. The molecule has 0 radical (unpaired) electrons. The van der Waals surface area contributed by atoms with E-state index in [0.717, 1.165) is 0 Å². The van der Waals surface area contributed by atoms with E-state index in [4.69, 9.17) is 17.2 Å². The van der Waals surface area contributed by atoms with Gasteiger partial charge in [-0.25, -0.2) is 9.78 Å². The highest BCUT2D eigenvalue weighted by Gasteiger charge is 2.33. The topological polar surface area (TPSA) is 264 Å². The minimum Gasteiger partial charge on any atom is -0.508 e. The van der Waals surface area contributed by atoms with Crippen molar-refractivity contribution >= 4 is 29.7 Å². The van der Waals surface area contributed by atoms with Gasteiger partial charge in [0, 0.05) is 24.9 Å². The number of hydrogen-bond acceptors (Lipinski definition) is 8. The zero-order valence-corrected chi connectivity index (χ0v) is 23.7. The number of carboxylic acids is 1. The maximum absolute atomic E-state index is 13.4. The van der Waals surface area contributed by atoms with E-state index in [0.29, 0.717) is 24.1 Å². The summed E-state index contributed by atoms with van der Waals surface area (Å²) in [6.07, 6.45) is 3.93. The number of aromatic nitrogens is 2. The van der Waals surface area contributed by atoms with Crippen LogP contribution in [-0.2, 0) is 32.0 Å². The molecule has 12 N–H and O–H groups in total. The van der Waals surface area contributed by atoms with Crippen LogP contribution in [0.2, 0.25) is 0 Å². The van der Waals surface area contributed by atoms with E-state index >= 15 is 0 Å². The molecule has 0 bridgehead atoms. The summed E-state index contributed by atoms with van der Waals surface area (Å²) in [5.74, 6) is -3.59. The number of nitrogens with zero attached hydrogens (tertiary/aromatic N) is 2. The number of phenolic OH excluding ortho intramolecular Hbond substituents is 1. The van der Waals surface area contributed by atoms with Gasteiger partial charge in [0.2, 0.25) is 17.7 Å². The molecule has 0 aliphatic heterocycles. The Morgan fingerprint density at radius 1 is 1.00 bits per heavy atom. The van der Waals surface area contributed by atoms with Gasteiger partial charge in [0.1, 0.15) is 23.9 Å². The summed E-state index contributed by atoms with van der Waals surface area (Å²) in [7, 11) is 0. The van der Waals surface area contributed by atoms with E-state index in [2.05, 4.69) is 30.9 Å². The van der Waals surface area contributed by atoms with Gasteiger partial charge in [-0.2, -0.15) is 0 Å². The predicted molar refractivity (Wildman–Crippen MR) is 155 cm³/mol. The molecular weight excluding hydrogens is 546 g/mol. The van der Waals surface area contributed by atoms with Crippen molar-refractivity contribution in [2.45, 2.75) is 70.1 Å². The molecule has 0 saturated heterocycles. The molecule has 15 heteroatoms. The minimum absolute atomic E-state index is 0.0371. The highest BCUT2D eigenvalue weighted by molar-refractivity contribution is 5.94. The summed E-state index contributed by atoms with van der Waals surface area (Å²) in [5.41, 5.74) is 18.1. The third-order valence-corrected chi connectivity index (χ3v) is 6.69. The van der Waals surface area contributed by atoms with E-state index < -0.39 is 47.9 Å². The lowest BCUT2D eigenvalue weighted by Crippen LogP contribution is -2.59. The van der Waals surface area contributed by atoms with Crippen molar-refractivity contribution in [1.82, 2.24) is 25.9 Å². The number of carbonyl (C=O) groups excluding carboxylic acids is 3. The number of aromatic hydroxyl groups is 1. The number of phenols is 1. The largest absolute Gasteiger partial charge is 0.508 e. The van der Waals surface area contributed by atoms with Crippen molar-refractivity contribution in [3.63, 3.8) is 0 Å². The summed E-state index contributed by atoms with van der Waals surface area (Å²) in [4.78, 5) is 62.1. The molecule has 15 nitrogen and oxygen atoms in total. The number of benzene rings is 1. The van der Waals surface area contributed by atoms with Crippen LogP contribution in [0.25, 0.3) is 0 Å². The van der Waals surface area contributed by atoms with Crippen molar-refractivity contribution in [2.75, 3.05) is 6.54 Å². The van der Waals surface area contributed by atoms with Gasteiger partial charge in [-0.3, -0.25) is 19.4 Å². The number of imidazole rings is 1. The van der Waals surface area contributed by atoms with Crippen LogP contribution >= 0.6 is 0 Å². The molecule has 230 valence electrons. The van der Waals surface area contributed by atoms with Crippen LogP contribution in [0, 0.1) is 5.92 Å². The average molecular weight is 588 g/mol. The number of nitrogens with one attached hydrogen (secondary N) is 4. The predicted octanol–water partition coefficient (Wildman–Crippen LogP) is -1.13. The Kier molecular flexibility index (Phi) is 13.2. The molecule has 5 unspecified atom stereocenters. The Hall–Kier alpha value is -4.66. The van der Waals surface area contributed by atoms with E-state index in [9.17, 15) is 29.4 Å². The van der Waals surface area contributed by atoms with Gasteiger partial charge in [0.25, 0.3) is 0 Å². The Labute approximate surface area is 243 Å². The second-order valence-electron chi connectivity index (χ2n) is 10.0. The fourth-order valence-corrected chi connectivity index (χ4v) is 4.06. The van der Waals surface area contributed by atoms with Crippen molar-refractivity contribution in [2.24, 2.45) is 28.1 Å². The quantitative estimate of drug-likeness (QED) is 0.0610. The fourth-order valence-electron chi connectivity index (χ4n) is 4.06. The molecular formula is C27H41N9O6. The number of aromatic amines is 1. The first-order valence-electron chi connectivity index (χ1n) is 13.6. The van der Waals surface area contributed by atoms with Crippen LogP contribution < -0.4 is 33.2 Å². The molecule has 1 aromatic carbocycles. The Morgan fingerprint density at radius 3 is 2.24 bits per heavy atom. The van der Waals surface area contributed by atoms with Gasteiger partial charge in [0.15, 0.2) is 5.96 Å². The highest BCUT2D eigenvalue weighted by atomic mass is 16.4. The second kappa shape index (κ2) is 16.6. The molecule has 5 atom stereocenters. The number of hydrogen-bond donors (Lipinski definition) is 9. The lowest BCUT2D eigenvalue weighted by molar-refractivity contribution is -0.142. The van der Waals surface area contributed by atoms with Crippen molar-refractivity contribution in [3.8, 4) is 5.75 Å². The smallest absolute Gasteiger partial charge is 0.326 e. The summed E-state index contributed by atoms with van der Waals surface area (Å²) >= 11 is 0. The van der Waals surface area contributed by atoms with Gasteiger partial charge in [-0.15, -0.1) is 0 Å². The molecule has 1 aromatic heterocycles. The zero-order chi connectivity index (χ0) is 31.2. The number of amides is 3. The number of aliphatic carboxylic acids is 1. The number of guanidine groups is 1. The first-order valence-corrected chi connectivity index (χ1v) is 13.6. The number of aliphatic imine (C=N–C) groups is 1. The third-order valence-electron chi connectivity index (χ3n) is 6.69. The Bertz CT molecular complexity index is 1200. The number of nitrogens with two attached hydrogens (primary N) is 3. The lowest BCUT2D eigenvalue weighted by Gasteiger charge is -2.28. The molecule has 0 aliphatic carbocycles. The highest BCUT2D eigenvalue weighted by Crippen LogP contribution is 2.13. The molecule has 2 rings (SSSR count). The van der Waals surface area contributed by atoms with Gasteiger partial charge in [-0.05, 0) is 42.9 Å². The first-order chi connectivity index (χ1) is 19.9. The number of rotatable bonds is 17. The van der Waals surface area contributed by atoms with Crippen molar-refractivity contribution in [1.29, 1.82) is 0 Å². The molecule has 0 saturated carbocycles. The van der Waals surface area contributed by atoms with Crippen LogP contribution in [0.1, 0.15) is 44.4 Å². The summed E-state index contributed by atoms with van der Waals surface area (Å²) < 4.78 is 0. The number of H-pyrrole nitrogens is 1. The Morgan fingerprint density at radius 2 is 1.67 bits per heavy atom. The van der Waals surface area contributed by atoms with Crippen LogP contribution in [-0.4, -0.2) is 80.5 Å². The molecule has 0 spiro atoms. The number of carboxylic acid groups (broad SMARTS) is 1. The summed E-state index contributed by atoms with van der Waals surface area (Å²) in [6.45, 7) is 3.77. The van der Waals surface area contributed by atoms with Gasteiger partial charge in [0.05, 0.1) is 12.4 Å². The normalized spacial score (nSPS) is 14.5. The Balaban J connectivity index is 2.17.